The number of carboxylic acids is 1. The molecule has 10 N–H and O–H groups in total. The van der Waals surface area contributed by atoms with Crippen molar-refractivity contribution in [2.75, 3.05) is 27.7 Å². The molecule has 0 aromatic heterocycles. The van der Waals surface area contributed by atoms with Crippen LogP contribution in [0, 0.1) is 22.7 Å². The minimum atomic E-state index is -5.08. The summed E-state index contributed by atoms with van der Waals surface area (Å²) in [5.74, 6) is -6.04. The van der Waals surface area contributed by atoms with Crippen molar-refractivity contribution in [1.82, 2.24) is 25.8 Å². The highest BCUT2D eigenvalue weighted by Gasteiger charge is 2.39. The van der Waals surface area contributed by atoms with Gasteiger partial charge in [-0.05, 0) is 49.1 Å². The Hall–Kier alpha value is -5.68. The van der Waals surface area contributed by atoms with E-state index in [4.69, 9.17) is 32.2 Å². The molecule has 1 fully saturated rings. The van der Waals surface area contributed by atoms with E-state index < -0.39 is 47.9 Å². The number of nitrogens with one attached hydrogen (secondary N) is 5. The van der Waals surface area contributed by atoms with Crippen LogP contribution in [0.5, 0.6) is 0 Å². The van der Waals surface area contributed by atoms with Gasteiger partial charge in [-0.25, -0.2) is 4.79 Å². The zero-order valence-corrected chi connectivity index (χ0v) is 31.2. The Labute approximate surface area is 318 Å². The van der Waals surface area contributed by atoms with Crippen LogP contribution >= 0.6 is 0 Å². The number of amides is 4. The predicted molar refractivity (Wildman–Crippen MR) is 200 cm³/mol. The number of hydrogen-bond donors (Lipinski definition) is 8. The van der Waals surface area contributed by atoms with Crippen LogP contribution < -0.4 is 27.4 Å². The molecule has 3 atom stereocenters. The average Bonchev–Trinajstić information content (AvgIpc) is 3.13. The fourth-order valence-corrected chi connectivity index (χ4v) is 6.03. The molecule has 4 amide bonds. The lowest BCUT2D eigenvalue weighted by molar-refractivity contribution is -0.192. The summed E-state index contributed by atoms with van der Waals surface area (Å²) in [7, 11) is 4.87. The second kappa shape index (κ2) is 21.9. The van der Waals surface area contributed by atoms with Gasteiger partial charge in [-0.2, -0.15) is 13.2 Å². The Morgan fingerprint density at radius 1 is 0.855 bits per heavy atom. The smallest absolute Gasteiger partial charge is 0.475 e. The molecule has 0 radical (unpaired) electrons. The SMILES string of the molecule is CN(C)C(=O)[C@H](CCCNC(=N)N)NC(=O)C(NC(=O)C(Cc1ccc(C(=N)N)cc1)C(=O)N(C)Cc1ccccc1)C1CCCCC1.O=C(O)C(F)(F)F. The van der Waals surface area contributed by atoms with Gasteiger partial charge >= 0.3 is 12.1 Å². The summed E-state index contributed by atoms with van der Waals surface area (Å²) in [6.45, 7) is 0.658. The van der Waals surface area contributed by atoms with Crippen LogP contribution in [0.3, 0.4) is 0 Å². The highest BCUT2D eigenvalue weighted by molar-refractivity contribution is 6.02. The number of carboxylic acid groups (broad SMARTS) is 1. The number of carbonyl (C=O) groups excluding carboxylic acids is 4. The molecule has 0 spiro atoms. The molecule has 0 saturated heterocycles. The Morgan fingerprint density at radius 3 is 1.95 bits per heavy atom. The zero-order chi connectivity index (χ0) is 41.3. The molecule has 0 bridgehead atoms. The van der Waals surface area contributed by atoms with Crippen molar-refractivity contribution in [1.29, 1.82) is 10.8 Å². The molecular weight excluding hydrogens is 723 g/mol. The number of guanidine groups is 1. The molecule has 1 saturated carbocycles. The molecular formula is C37H52F3N9O6. The number of halogens is 3. The standard InChI is InChI=1S/C35H51N9O4.C2HF3O2/c1-43(2)34(48)28(15-10-20-40-35(38)39)41-32(46)29(25-13-8-5-9-14-25)42-31(45)27(21-23-16-18-26(19-17-23)30(36)37)33(47)44(3)22-24-11-6-4-7-12-24;3-2(4,5)1(6)7/h4,6-7,11-12,16-19,25,27-29H,5,8-10,13-15,20-22H2,1-3H3,(H3,36,37)(H,41,46)(H,42,45)(H4,38,39,40);(H,6,7)/t27?,28-,29?;/m0./s1. The third kappa shape index (κ3) is 15.7. The normalized spacial score (nSPS) is 14.4. The van der Waals surface area contributed by atoms with Crippen LogP contribution in [0.15, 0.2) is 54.6 Å². The number of likely N-dealkylation sites (N-methyl/N-ethyl adjacent to an activating group) is 1. The number of nitrogens with zero attached hydrogens (tertiary/aromatic N) is 2. The summed E-state index contributed by atoms with van der Waals surface area (Å²) in [6.07, 6.45) is 0.0699. The second-order valence-electron chi connectivity index (χ2n) is 13.5. The molecule has 1 aliphatic rings. The maximum Gasteiger partial charge on any atom is 0.490 e. The van der Waals surface area contributed by atoms with Crippen LogP contribution in [-0.2, 0) is 36.9 Å². The van der Waals surface area contributed by atoms with E-state index in [1.165, 1.54) is 9.80 Å². The first-order valence-corrected chi connectivity index (χ1v) is 17.7. The number of aliphatic carboxylic acids is 1. The summed E-state index contributed by atoms with van der Waals surface area (Å²) >= 11 is 0. The number of nitrogens with two attached hydrogens (primary N) is 2. The molecule has 1 aliphatic carbocycles. The van der Waals surface area contributed by atoms with Crippen LogP contribution in [-0.4, -0.2) is 102 Å². The number of rotatable bonds is 16. The highest BCUT2D eigenvalue weighted by Crippen LogP contribution is 2.27. The molecule has 55 heavy (non-hydrogen) atoms. The zero-order valence-electron chi connectivity index (χ0n) is 31.2. The Kier molecular flexibility index (Phi) is 18.1. The van der Waals surface area contributed by atoms with Crippen molar-refractivity contribution in [3.63, 3.8) is 0 Å². The van der Waals surface area contributed by atoms with Crippen molar-refractivity contribution >= 4 is 41.4 Å². The summed E-state index contributed by atoms with van der Waals surface area (Å²) in [4.78, 5) is 67.0. The molecule has 3 rings (SSSR count). The van der Waals surface area contributed by atoms with E-state index in [0.29, 0.717) is 37.1 Å². The van der Waals surface area contributed by atoms with Crippen LogP contribution in [0.25, 0.3) is 0 Å². The number of carbonyl (C=O) groups is 5. The molecule has 15 nitrogen and oxygen atoms in total. The van der Waals surface area contributed by atoms with Crippen molar-refractivity contribution < 1.29 is 42.3 Å². The summed E-state index contributed by atoms with van der Waals surface area (Å²) in [5, 5.41) is 30.8. The molecule has 2 aromatic rings. The molecule has 302 valence electrons. The van der Waals surface area contributed by atoms with E-state index >= 15 is 0 Å². The maximum atomic E-state index is 14.2. The van der Waals surface area contributed by atoms with E-state index in [1.54, 1.807) is 45.4 Å². The third-order valence-electron chi connectivity index (χ3n) is 8.94. The van der Waals surface area contributed by atoms with E-state index in [2.05, 4.69) is 16.0 Å². The van der Waals surface area contributed by atoms with Gasteiger partial charge in [0, 0.05) is 39.8 Å². The first kappa shape index (κ1) is 45.5. The Bertz CT molecular complexity index is 1620. The number of alkyl halides is 3. The molecule has 0 aliphatic heterocycles. The van der Waals surface area contributed by atoms with E-state index in [0.717, 1.165) is 37.7 Å². The lowest BCUT2D eigenvalue weighted by Crippen LogP contribution is -2.58. The first-order valence-electron chi connectivity index (χ1n) is 17.7. The predicted octanol–water partition coefficient (Wildman–Crippen LogP) is 2.32. The first-order chi connectivity index (χ1) is 25.8. The average molecular weight is 776 g/mol. The molecule has 2 aromatic carbocycles. The van der Waals surface area contributed by atoms with Gasteiger partial charge in [-0.15, -0.1) is 0 Å². The largest absolute Gasteiger partial charge is 0.490 e. The Balaban J connectivity index is 0.00000136. The van der Waals surface area contributed by atoms with Crippen LogP contribution in [0.2, 0.25) is 0 Å². The van der Waals surface area contributed by atoms with Crippen molar-refractivity contribution in [3.8, 4) is 0 Å². The Morgan fingerprint density at radius 2 is 1.44 bits per heavy atom. The van der Waals surface area contributed by atoms with Gasteiger partial charge in [-0.1, -0.05) is 73.9 Å². The maximum absolute atomic E-state index is 14.2. The van der Waals surface area contributed by atoms with Gasteiger partial charge in [0.25, 0.3) is 0 Å². The van der Waals surface area contributed by atoms with Gasteiger partial charge in [0.2, 0.25) is 23.6 Å². The van der Waals surface area contributed by atoms with Gasteiger partial charge in [0.1, 0.15) is 23.8 Å². The van der Waals surface area contributed by atoms with E-state index in [1.807, 2.05) is 30.3 Å². The van der Waals surface area contributed by atoms with Gasteiger partial charge in [-0.3, -0.25) is 30.0 Å². The van der Waals surface area contributed by atoms with Crippen LogP contribution in [0.1, 0.15) is 61.6 Å². The molecule has 18 heteroatoms. The van der Waals surface area contributed by atoms with Crippen molar-refractivity contribution in [3.05, 3.63) is 71.3 Å². The lowest BCUT2D eigenvalue weighted by atomic mass is 9.83. The topological polar surface area (TPSA) is 248 Å². The van der Waals surface area contributed by atoms with E-state index in [-0.39, 0.29) is 30.0 Å². The summed E-state index contributed by atoms with van der Waals surface area (Å²) in [6, 6.07) is 14.5. The molecule has 2 unspecified atom stereocenters. The lowest BCUT2D eigenvalue weighted by Gasteiger charge is -2.33. The number of nitrogen functional groups attached to an aromatic ring is 1. The minimum Gasteiger partial charge on any atom is -0.475 e. The minimum absolute atomic E-state index is 0.0753. The fraction of sp³-hybridized carbons (Fsp3) is 0.486. The third-order valence-corrected chi connectivity index (χ3v) is 8.94. The summed E-state index contributed by atoms with van der Waals surface area (Å²) < 4.78 is 31.7. The quantitative estimate of drug-likeness (QED) is 0.0539. The second-order valence-corrected chi connectivity index (χ2v) is 13.5. The highest BCUT2D eigenvalue weighted by atomic mass is 19.4. The number of benzene rings is 2. The monoisotopic (exact) mass is 775 g/mol. The van der Waals surface area contributed by atoms with Gasteiger partial charge < -0.3 is 42.3 Å². The number of amidine groups is 1. The molecule has 0 heterocycles. The van der Waals surface area contributed by atoms with Gasteiger partial charge in [0.05, 0.1) is 0 Å². The van der Waals surface area contributed by atoms with E-state index in [9.17, 15) is 32.3 Å². The van der Waals surface area contributed by atoms with Crippen LogP contribution in [0.4, 0.5) is 13.2 Å². The fourth-order valence-electron chi connectivity index (χ4n) is 6.03. The van der Waals surface area contributed by atoms with Crippen molar-refractivity contribution in [2.45, 2.75) is 76.2 Å². The number of hydrogen-bond acceptors (Lipinski definition) is 7. The van der Waals surface area contributed by atoms with Gasteiger partial charge in [0.15, 0.2) is 5.96 Å². The summed E-state index contributed by atoms with van der Waals surface area (Å²) in [5.41, 5.74) is 13.1. The van der Waals surface area contributed by atoms with Crippen molar-refractivity contribution in [2.24, 2.45) is 23.3 Å².